The third-order valence-electron chi connectivity index (χ3n) is 1.58. The van der Waals surface area contributed by atoms with Crippen molar-refractivity contribution in [3.63, 3.8) is 0 Å². The van der Waals surface area contributed by atoms with Gasteiger partial charge >= 0.3 is 11.9 Å². The van der Waals surface area contributed by atoms with E-state index in [0.29, 0.717) is 0 Å². The Balaban J connectivity index is 2.78. The predicted molar refractivity (Wildman–Crippen MR) is 44.9 cm³/mol. The van der Waals surface area contributed by atoms with Crippen LogP contribution in [-0.2, 0) is 11.2 Å². The van der Waals surface area contributed by atoms with Crippen LogP contribution in [0.5, 0.6) is 0 Å². The van der Waals surface area contributed by atoms with E-state index in [9.17, 15) is 13.6 Å². The van der Waals surface area contributed by atoms with Gasteiger partial charge in [0.05, 0.1) is 12.6 Å². The van der Waals surface area contributed by atoms with Crippen molar-refractivity contribution in [3.8, 4) is 0 Å². The quantitative estimate of drug-likeness (QED) is 0.799. The van der Waals surface area contributed by atoms with Gasteiger partial charge in [0.2, 0.25) is 0 Å². The maximum atomic E-state index is 12.7. The van der Waals surface area contributed by atoms with Crippen LogP contribution >= 0.6 is 0 Å². The number of hydrogen-bond acceptors (Lipinski definition) is 2. The van der Waals surface area contributed by atoms with Crippen LogP contribution in [0.4, 0.5) is 8.78 Å². The summed E-state index contributed by atoms with van der Waals surface area (Å²) in [7, 11) is 0. The number of aliphatic carboxylic acids is 1. The number of carbonyl (C=O) groups is 1. The average Bonchev–Trinajstić information content (AvgIpc) is 2.51. The number of rotatable bonds is 4. The van der Waals surface area contributed by atoms with Gasteiger partial charge in [0, 0.05) is 12.4 Å². The van der Waals surface area contributed by atoms with Gasteiger partial charge in [-0.25, -0.2) is 9.48 Å². The van der Waals surface area contributed by atoms with Crippen molar-refractivity contribution >= 4 is 12.2 Å². The number of alkyl halides is 2. The molecule has 76 valence electrons. The highest BCUT2D eigenvalue weighted by Crippen LogP contribution is 2.19. The predicted octanol–water partition coefficient (Wildman–Crippen LogP) is 1.25. The number of carboxylic acids is 1. The van der Waals surface area contributed by atoms with E-state index in [1.54, 1.807) is 0 Å². The van der Waals surface area contributed by atoms with Crippen molar-refractivity contribution in [2.45, 2.75) is 12.3 Å². The van der Waals surface area contributed by atoms with Gasteiger partial charge in [-0.05, 0) is 5.56 Å². The molecule has 1 rings (SSSR count). The molecule has 0 spiro atoms. The molecular weight excluding hydrogens is 194 g/mol. The molecule has 0 fully saturated rings. The minimum Gasteiger partial charge on any atom is -0.477 e. The van der Waals surface area contributed by atoms with Crippen LogP contribution in [0.15, 0.2) is 19.0 Å². The number of carboxylic acid groups (broad SMARTS) is 1. The molecule has 0 aromatic carbocycles. The van der Waals surface area contributed by atoms with Crippen LogP contribution < -0.4 is 0 Å². The molecule has 6 heteroatoms. The molecule has 0 unspecified atom stereocenters. The molecule has 1 aromatic rings. The lowest BCUT2D eigenvalue weighted by Gasteiger charge is -2.08. The van der Waals surface area contributed by atoms with Crippen LogP contribution in [0.3, 0.4) is 0 Å². The highest BCUT2D eigenvalue weighted by atomic mass is 19.3. The number of halogens is 2. The molecule has 0 saturated heterocycles. The third-order valence-corrected chi connectivity index (χ3v) is 1.58. The second kappa shape index (κ2) is 3.57. The summed E-state index contributed by atoms with van der Waals surface area (Å²) in [6, 6.07) is 0. The summed E-state index contributed by atoms with van der Waals surface area (Å²) < 4.78 is 26.6. The zero-order valence-corrected chi connectivity index (χ0v) is 7.15. The standard InChI is InChI=1S/C8H8F2N2O2/c1-2-12-5-6(4-11-12)3-8(9,10)7(13)14/h2,4-5H,1,3H2,(H,13,14). The molecule has 0 atom stereocenters. The van der Waals surface area contributed by atoms with Crippen molar-refractivity contribution in [1.29, 1.82) is 0 Å². The fraction of sp³-hybridized carbons (Fsp3) is 0.250. The Kier molecular flexibility index (Phi) is 2.64. The summed E-state index contributed by atoms with van der Waals surface area (Å²) >= 11 is 0. The van der Waals surface area contributed by atoms with Gasteiger partial charge in [0.25, 0.3) is 0 Å². The molecule has 1 N–H and O–H groups in total. The van der Waals surface area contributed by atoms with Crippen LogP contribution in [-0.4, -0.2) is 26.8 Å². The Morgan fingerprint density at radius 2 is 2.43 bits per heavy atom. The summed E-state index contributed by atoms with van der Waals surface area (Å²) in [6.07, 6.45) is 2.93. The first-order valence-electron chi connectivity index (χ1n) is 3.72. The lowest BCUT2D eigenvalue weighted by molar-refractivity contribution is -0.164. The molecule has 14 heavy (non-hydrogen) atoms. The molecular formula is C8H8F2N2O2. The van der Waals surface area contributed by atoms with Crippen molar-refractivity contribution in [3.05, 3.63) is 24.5 Å². The van der Waals surface area contributed by atoms with Crippen LogP contribution in [0.1, 0.15) is 5.56 Å². The summed E-state index contributed by atoms with van der Waals surface area (Å²) in [6.45, 7) is 3.37. The zero-order valence-electron chi connectivity index (χ0n) is 7.15. The molecule has 0 amide bonds. The van der Waals surface area contributed by atoms with Gasteiger partial charge in [0.15, 0.2) is 0 Å². The van der Waals surface area contributed by atoms with Gasteiger partial charge in [-0.1, -0.05) is 6.58 Å². The number of aromatic nitrogens is 2. The van der Waals surface area contributed by atoms with Gasteiger partial charge in [-0.3, -0.25) is 0 Å². The van der Waals surface area contributed by atoms with Crippen LogP contribution in [0, 0.1) is 0 Å². The molecule has 1 heterocycles. The molecule has 4 nitrogen and oxygen atoms in total. The summed E-state index contributed by atoms with van der Waals surface area (Å²) in [5.41, 5.74) is 0.150. The topological polar surface area (TPSA) is 55.1 Å². The largest absolute Gasteiger partial charge is 0.477 e. The lowest BCUT2D eigenvalue weighted by atomic mass is 10.1. The smallest absolute Gasteiger partial charge is 0.374 e. The summed E-state index contributed by atoms with van der Waals surface area (Å²) in [5, 5.41) is 11.8. The Bertz CT molecular complexity index is 360. The van der Waals surface area contributed by atoms with E-state index in [-0.39, 0.29) is 5.56 Å². The first kappa shape index (κ1) is 10.4. The van der Waals surface area contributed by atoms with E-state index in [1.165, 1.54) is 23.3 Å². The first-order chi connectivity index (χ1) is 6.45. The van der Waals surface area contributed by atoms with Crippen molar-refractivity contribution in [1.82, 2.24) is 9.78 Å². The average molecular weight is 202 g/mol. The van der Waals surface area contributed by atoms with Crippen molar-refractivity contribution in [2.75, 3.05) is 0 Å². The highest BCUT2D eigenvalue weighted by Gasteiger charge is 2.39. The van der Waals surface area contributed by atoms with Crippen molar-refractivity contribution in [2.24, 2.45) is 0 Å². The normalized spacial score (nSPS) is 11.3. The fourth-order valence-corrected chi connectivity index (χ4v) is 0.900. The Labute approximate surface area is 78.5 Å². The second-order valence-corrected chi connectivity index (χ2v) is 2.70. The highest BCUT2D eigenvalue weighted by molar-refractivity contribution is 5.75. The van der Waals surface area contributed by atoms with E-state index in [2.05, 4.69) is 11.7 Å². The lowest BCUT2D eigenvalue weighted by Crippen LogP contribution is -2.30. The third kappa shape index (κ3) is 2.15. The summed E-state index contributed by atoms with van der Waals surface area (Å²) in [4.78, 5) is 10.1. The van der Waals surface area contributed by atoms with E-state index in [4.69, 9.17) is 5.11 Å². The zero-order chi connectivity index (χ0) is 10.8. The first-order valence-corrected chi connectivity index (χ1v) is 3.72. The number of nitrogens with zero attached hydrogens (tertiary/aromatic N) is 2. The van der Waals surface area contributed by atoms with Gasteiger partial charge in [0.1, 0.15) is 0 Å². The second-order valence-electron chi connectivity index (χ2n) is 2.70. The number of hydrogen-bond donors (Lipinski definition) is 1. The van der Waals surface area contributed by atoms with Crippen LogP contribution in [0.25, 0.3) is 6.20 Å². The maximum absolute atomic E-state index is 12.7. The van der Waals surface area contributed by atoms with E-state index < -0.39 is 18.3 Å². The van der Waals surface area contributed by atoms with E-state index in [0.717, 1.165) is 0 Å². The molecule has 0 aliphatic heterocycles. The van der Waals surface area contributed by atoms with Crippen LogP contribution in [0.2, 0.25) is 0 Å². The van der Waals surface area contributed by atoms with E-state index >= 15 is 0 Å². The Hall–Kier alpha value is -1.72. The summed E-state index contributed by atoms with van der Waals surface area (Å²) in [5.74, 6) is -5.89. The molecule has 0 bridgehead atoms. The van der Waals surface area contributed by atoms with Gasteiger partial charge < -0.3 is 5.11 Å². The molecule has 0 radical (unpaired) electrons. The Morgan fingerprint density at radius 1 is 1.79 bits per heavy atom. The fourth-order valence-electron chi connectivity index (χ4n) is 0.900. The van der Waals surface area contributed by atoms with E-state index in [1.807, 2.05) is 0 Å². The molecule has 0 aliphatic rings. The molecule has 1 aromatic heterocycles. The minimum atomic E-state index is -3.75. The Morgan fingerprint density at radius 3 is 2.86 bits per heavy atom. The molecule has 0 saturated carbocycles. The minimum absolute atomic E-state index is 0.150. The monoisotopic (exact) mass is 202 g/mol. The molecule has 0 aliphatic carbocycles. The van der Waals surface area contributed by atoms with Crippen molar-refractivity contribution < 1.29 is 18.7 Å². The van der Waals surface area contributed by atoms with Gasteiger partial charge in [-0.2, -0.15) is 13.9 Å². The van der Waals surface area contributed by atoms with Gasteiger partial charge in [-0.15, -0.1) is 0 Å². The SMILES string of the molecule is C=Cn1cc(CC(F)(F)C(=O)O)cn1. The maximum Gasteiger partial charge on any atom is 0.374 e.